The third kappa shape index (κ3) is 4.15. The number of benzene rings is 1. The van der Waals surface area contributed by atoms with Gasteiger partial charge in [-0.05, 0) is 43.1 Å². The van der Waals surface area contributed by atoms with Crippen molar-refractivity contribution in [3.05, 3.63) is 64.9 Å². The van der Waals surface area contributed by atoms with Crippen LogP contribution in [0, 0.1) is 0 Å². The lowest BCUT2D eigenvalue weighted by Gasteiger charge is -2.42. The number of fused-ring (bicyclic) bond motifs is 2. The molecule has 0 aliphatic carbocycles. The number of hydrogen-bond acceptors (Lipinski definition) is 7. The van der Waals surface area contributed by atoms with E-state index in [4.69, 9.17) is 4.74 Å². The average molecular weight is 554 g/mol. The second-order valence-corrected chi connectivity index (χ2v) is 11.4. The highest BCUT2D eigenvalue weighted by atomic mass is 19.4. The van der Waals surface area contributed by atoms with Crippen LogP contribution in [0.3, 0.4) is 0 Å². The molecule has 12 heteroatoms. The number of hydrogen-bond donors (Lipinski definition) is 0. The average Bonchev–Trinajstić information content (AvgIpc) is 3.63. The molecule has 3 aromatic rings. The van der Waals surface area contributed by atoms with Gasteiger partial charge in [0.25, 0.3) is 5.91 Å². The van der Waals surface area contributed by atoms with Gasteiger partial charge < -0.3 is 19.1 Å². The van der Waals surface area contributed by atoms with Crippen LogP contribution in [0.15, 0.2) is 36.7 Å². The summed E-state index contributed by atoms with van der Waals surface area (Å²) in [5, 5.41) is 8.19. The number of aryl methyl sites for hydroxylation is 1. The summed E-state index contributed by atoms with van der Waals surface area (Å²) in [5.74, 6) is 0.606. The zero-order valence-electron chi connectivity index (χ0n) is 22.2. The van der Waals surface area contributed by atoms with Crippen LogP contribution in [0.25, 0.3) is 0 Å². The molecule has 6 heterocycles. The lowest BCUT2D eigenvalue weighted by atomic mass is 9.75. The van der Waals surface area contributed by atoms with Crippen LogP contribution in [-0.4, -0.2) is 76.0 Å². The third-order valence-electron chi connectivity index (χ3n) is 8.91. The zero-order valence-corrected chi connectivity index (χ0v) is 22.2. The number of nitrogens with zero attached hydrogens (tertiary/aromatic N) is 7. The molecule has 210 valence electrons. The van der Waals surface area contributed by atoms with Gasteiger partial charge >= 0.3 is 6.18 Å². The molecule has 3 saturated heterocycles. The van der Waals surface area contributed by atoms with Crippen molar-refractivity contribution in [2.75, 3.05) is 49.2 Å². The first-order chi connectivity index (χ1) is 19.2. The normalized spacial score (nSPS) is 22.4. The second-order valence-electron chi connectivity index (χ2n) is 11.4. The standard InChI is InChI=1S/C28H30F3N7O2/c1-35-17-32-34-24(35)12-27(15-40-16-27)18-4-2-5-19(10-18)38-14-22-21(26(38)39)11-23(33-25(22)28(29,30)31)37-9-8-36-7-3-6-20(36)13-37/h2,4-5,10-11,17,20H,3,6-9,12-16H2,1H3/t20-/m1/s1. The summed E-state index contributed by atoms with van der Waals surface area (Å²) in [6.07, 6.45) is -0.298. The molecule has 0 spiro atoms. The molecule has 3 fully saturated rings. The molecule has 9 nitrogen and oxygen atoms in total. The van der Waals surface area contributed by atoms with E-state index < -0.39 is 17.8 Å². The monoisotopic (exact) mass is 553 g/mol. The number of aromatic nitrogens is 4. The van der Waals surface area contributed by atoms with Crippen molar-refractivity contribution >= 4 is 17.4 Å². The lowest BCUT2D eigenvalue weighted by molar-refractivity contribution is -0.141. The molecule has 1 amide bonds. The molecule has 1 atom stereocenters. The maximum absolute atomic E-state index is 14.3. The molecule has 7 rings (SSSR count). The summed E-state index contributed by atoms with van der Waals surface area (Å²) >= 11 is 0. The highest BCUT2D eigenvalue weighted by molar-refractivity contribution is 6.10. The second kappa shape index (κ2) is 9.27. The van der Waals surface area contributed by atoms with Crippen molar-refractivity contribution in [2.24, 2.45) is 7.05 Å². The van der Waals surface area contributed by atoms with Gasteiger partial charge in [0.15, 0.2) is 5.69 Å². The maximum atomic E-state index is 14.3. The molecule has 0 N–H and O–H groups in total. The van der Waals surface area contributed by atoms with Gasteiger partial charge in [0, 0.05) is 55.8 Å². The van der Waals surface area contributed by atoms with Gasteiger partial charge in [-0.2, -0.15) is 13.2 Å². The van der Waals surface area contributed by atoms with Crippen LogP contribution in [-0.2, 0) is 36.3 Å². The van der Waals surface area contributed by atoms with Crippen molar-refractivity contribution in [3.63, 3.8) is 0 Å². The van der Waals surface area contributed by atoms with Gasteiger partial charge in [0.1, 0.15) is 18.0 Å². The number of carbonyl (C=O) groups excluding carboxylic acids is 1. The van der Waals surface area contributed by atoms with Gasteiger partial charge in [-0.3, -0.25) is 9.69 Å². The molecule has 0 unspecified atom stereocenters. The summed E-state index contributed by atoms with van der Waals surface area (Å²) in [5.41, 5.74) is 0.210. The van der Waals surface area contributed by atoms with Gasteiger partial charge in [0.2, 0.25) is 0 Å². The molecule has 0 saturated carbocycles. The Morgan fingerprint density at radius 2 is 2.00 bits per heavy atom. The SMILES string of the molecule is Cn1cnnc1CC1(c2cccc(N3Cc4c(cc(N5CCN6CCC[C@@H]6C5)nc4C(F)(F)F)C3=O)c2)COC1. The topological polar surface area (TPSA) is 79.6 Å². The first-order valence-electron chi connectivity index (χ1n) is 13.6. The Morgan fingerprint density at radius 1 is 1.15 bits per heavy atom. The van der Waals surface area contributed by atoms with Crippen LogP contribution in [0.4, 0.5) is 24.7 Å². The molecule has 0 radical (unpaired) electrons. The number of ether oxygens (including phenoxy) is 1. The Balaban J connectivity index is 1.21. The molecular weight excluding hydrogens is 523 g/mol. The summed E-state index contributed by atoms with van der Waals surface area (Å²) < 4.78 is 50.4. The number of halogens is 3. The molecule has 40 heavy (non-hydrogen) atoms. The molecule has 4 aliphatic rings. The minimum atomic E-state index is -4.67. The Bertz CT molecular complexity index is 1470. The van der Waals surface area contributed by atoms with E-state index >= 15 is 0 Å². The third-order valence-corrected chi connectivity index (χ3v) is 8.91. The van der Waals surface area contributed by atoms with E-state index in [-0.39, 0.29) is 28.9 Å². The fourth-order valence-electron chi connectivity index (χ4n) is 6.58. The lowest BCUT2D eigenvalue weighted by Crippen LogP contribution is -2.50. The van der Waals surface area contributed by atoms with Gasteiger partial charge in [0.05, 0.1) is 25.3 Å². The number of amides is 1. The quantitative estimate of drug-likeness (QED) is 0.480. The summed E-state index contributed by atoms with van der Waals surface area (Å²) in [6, 6.07) is 9.36. The number of alkyl halides is 3. The zero-order chi connectivity index (χ0) is 27.6. The van der Waals surface area contributed by atoms with Crippen molar-refractivity contribution in [3.8, 4) is 0 Å². The predicted octanol–water partition coefficient (Wildman–Crippen LogP) is 3.18. The van der Waals surface area contributed by atoms with Crippen LogP contribution >= 0.6 is 0 Å². The van der Waals surface area contributed by atoms with Gasteiger partial charge in [-0.1, -0.05) is 12.1 Å². The maximum Gasteiger partial charge on any atom is 0.433 e. The fourth-order valence-corrected chi connectivity index (χ4v) is 6.58. The van der Waals surface area contributed by atoms with Gasteiger partial charge in [-0.25, -0.2) is 4.98 Å². The van der Waals surface area contributed by atoms with E-state index in [2.05, 4.69) is 20.1 Å². The van der Waals surface area contributed by atoms with Crippen molar-refractivity contribution in [1.82, 2.24) is 24.6 Å². The highest BCUT2D eigenvalue weighted by Crippen LogP contribution is 2.42. The van der Waals surface area contributed by atoms with E-state index in [1.165, 1.54) is 4.90 Å². The molecular formula is C28H30F3N7O2. The van der Waals surface area contributed by atoms with E-state index in [1.807, 2.05) is 34.7 Å². The number of rotatable bonds is 5. The smallest absolute Gasteiger partial charge is 0.379 e. The molecule has 0 bridgehead atoms. The Morgan fingerprint density at radius 3 is 2.73 bits per heavy atom. The first-order valence-corrected chi connectivity index (χ1v) is 13.6. The number of pyridine rings is 1. The van der Waals surface area contributed by atoms with Crippen LogP contribution in [0.1, 0.15) is 45.8 Å². The van der Waals surface area contributed by atoms with Crippen molar-refractivity contribution in [1.29, 1.82) is 0 Å². The van der Waals surface area contributed by atoms with E-state index in [0.717, 1.165) is 37.3 Å². The predicted molar refractivity (Wildman–Crippen MR) is 140 cm³/mol. The minimum absolute atomic E-state index is 0.0630. The van der Waals surface area contributed by atoms with Crippen molar-refractivity contribution < 1.29 is 22.7 Å². The Kier molecular flexibility index (Phi) is 5.90. The minimum Gasteiger partial charge on any atom is -0.379 e. The summed E-state index contributed by atoms with van der Waals surface area (Å²) in [6.45, 7) is 3.82. The van der Waals surface area contributed by atoms with Crippen LogP contribution in [0.2, 0.25) is 0 Å². The van der Waals surface area contributed by atoms with Gasteiger partial charge in [-0.15, -0.1) is 10.2 Å². The Hall–Kier alpha value is -3.51. The highest BCUT2D eigenvalue weighted by Gasteiger charge is 2.45. The van der Waals surface area contributed by atoms with E-state index in [1.54, 1.807) is 18.5 Å². The van der Waals surface area contributed by atoms with E-state index in [0.29, 0.717) is 44.5 Å². The largest absolute Gasteiger partial charge is 0.433 e. The molecule has 4 aliphatic heterocycles. The van der Waals surface area contributed by atoms with Crippen molar-refractivity contribution in [2.45, 2.75) is 43.4 Å². The fraction of sp³-hybridized carbons (Fsp3) is 0.500. The summed E-state index contributed by atoms with van der Waals surface area (Å²) in [7, 11) is 1.88. The summed E-state index contributed by atoms with van der Waals surface area (Å²) in [4.78, 5) is 23.5. The van der Waals surface area contributed by atoms with Crippen LogP contribution in [0.5, 0.6) is 0 Å². The Labute approximate surface area is 229 Å². The molecule has 1 aromatic carbocycles. The number of piperazine rings is 1. The number of carbonyl (C=O) groups is 1. The van der Waals surface area contributed by atoms with E-state index in [9.17, 15) is 18.0 Å². The number of anilines is 2. The van der Waals surface area contributed by atoms with Crippen LogP contribution < -0.4 is 9.80 Å². The molecule has 2 aromatic heterocycles. The first kappa shape index (κ1) is 25.5.